The van der Waals surface area contributed by atoms with Gasteiger partial charge in [-0.2, -0.15) is 13.2 Å². The fourth-order valence-corrected chi connectivity index (χ4v) is 6.61. The van der Waals surface area contributed by atoms with Crippen LogP contribution in [0.5, 0.6) is 0 Å². The van der Waals surface area contributed by atoms with Gasteiger partial charge >= 0.3 is 6.18 Å². The van der Waals surface area contributed by atoms with Crippen LogP contribution >= 0.6 is 11.6 Å². The molecule has 3 aromatic carbocycles. The number of carbonyl (C=O) groups is 2. The Morgan fingerprint density at radius 3 is 2.17 bits per heavy atom. The number of anilines is 4. The Bertz CT molecular complexity index is 1870. The van der Waals surface area contributed by atoms with E-state index in [0.29, 0.717) is 25.3 Å². The first-order chi connectivity index (χ1) is 22.3. The highest BCUT2D eigenvalue weighted by molar-refractivity contribution is 7.89. The Morgan fingerprint density at radius 1 is 0.894 bits per heavy atom. The molecule has 16 heteroatoms. The predicted octanol–water partition coefficient (Wildman–Crippen LogP) is 6.42. The van der Waals surface area contributed by atoms with Crippen LogP contribution in [-0.4, -0.2) is 59.3 Å². The summed E-state index contributed by atoms with van der Waals surface area (Å²) in [6.07, 6.45) is -0.0244. The Balaban J connectivity index is 1.21. The van der Waals surface area contributed by atoms with Gasteiger partial charge in [-0.05, 0) is 80.4 Å². The summed E-state index contributed by atoms with van der Waals surface area (Å²) in [6, 6.07) is 14.2. The summed E-state index contributed by atoms with van der Waals surface area (Å²) in [7, 11) is -3.70. The van der Waals surface area contributed by atoms with Crippen molar-refractivity contribution in [2.45, 2.75) is 30.8 Å². The highest BCUT2D eigenvalue weighted by Crippen LogP contribution is 2.30. The van der Waals surface area contributed by atoms with E-state index >= 15 is 0 Å². The van der Waals surface area contributed by atoms with Crippen molar-refractivity contribution in [2.24, 2.45) is 0 Å². The summed E-state index contributed by atoms with van der Waals surface area (Å²) in [5.74, 6) is -1.27. The molecular weight excluding hydrogens is 659 g/mol. The molecule has 0 aliphatic carbocycles. The number of halogens is 4. The molecule has 2 amide bonds. The van der Waals surface area contributed by atoms with Crippen molar-refractivity contribution < 1.29 is 31.2 Å². The first-order valence-corrected chi connectivity index (χ1v) is 16.2. The number of sulfonamides is 1. The Kier molecular flexibility index (Phi) is 10.1. The number of nitrogens with one attached hydrogen (secondary N) is 3. The zero-order chi connectivity index (χ0) is 33.8. The molecule has 1 fully saturated rings. The quantitative estimate of drug-likeness (QED) is 0.174. The lowest BCUT2D eigenvalue weighted by Gasteiger charge is -2.29. The Hall–Kier alpha value is -4.57. The lowest BCUT2D eigenvalue weighted by atomic mass is 10.1. The van der Waals surface area contributed by atoms with E-state index in [4.69, 9.17) is 11.6 Å². The zero-order valence-corrected chi connectivity index (χ0v) is 26.5. The number of rotatable bonds is 10. The average molecular weight is 688 g/mol. The molecule has 0 atom stereocenters. The second-order valence-electron chi connectivity index (χ2n) is 10.4. The molecule has 1 saturated heterocycles. The molecule has 0 unspecified atom stereocenters. The van der Waals surface area contributed by atoms with Gasteiger partial charge in [-0.3, -0.25) is 9.59 Å². The van der Waals surface area contributed by atoms with Gasteiger partial charge in [0, 0.05) is 36.6 Å². The first kappa shape index (κ1) is 33.8. The van der Waals surface area contributed by atoms with E-state index in [1.807, 2.05) is 5.01 Å². The summed E-state index contributed by atoms with van der Waals surface area (Å²) >= 11 is 6.21. The smallest absolute Gasteiger partial charge is 0.324 e. The van der Waals surface area contributed by atoms with E-state index in [1.165, 1.54) is 53.2 Å². The maximum absolute atomic E-state index is 13.2. The van der Waals surface area contributed by atoms with Crippen LogP contribution < -0.4 is 16.0 Å². The maximum Gasteiger partial charge on any atom is 0.416 e. The molecule has 1 aliphatic heterocycles. The first-order valence-electron chi connectivity index (χ1n) is 14.4. The largest absolute Gasteiger partial charge is 0.416 e. The van der Waals surface area contributed by atoms with Crippen LogP contribution in [0.15, 0.2) is 84.0 Å². The van der Waals surface area contributed by atoms with Crippen molar-refractivity contribution in [3.05, 3.63) is 101 Å². The summed E-state index contributed by atoms with van der Waals surface area (Å²) in [5.41, 5.74) is -0.302. The summed E-state index contributed by atoms with van der Waals surface area (Å²) in [4.78, 5) is 34.1. The molecule has 4 aromatic rings. The van der Waals surface area contributed by atoms with Crippen LogP contribution in [-0.2, 0) is 16.2 Å². The van der Waals surface area contributed by atoms with Crippen LogP contribution in [0.1, 0.15) is 46.0 Å². The fraction of sp³-hybridized carbons (Fsp3) is 0.226. The summed E-state index contributed by atoms with van der Waals surface area (Å²) in [6.45, 7) is 3.53. The number of benzene rings is 3. The van der Waals surface area contributed by atoms with Crippen molar-refractivity contribution >= 4 is 56.4 Å². The van der Waals surface area contributed by atoms with Gasteiger partial charge in [0.05, 0.1) is 39.1 Å². The second-order valence-corrected chi connectivity index (χ2v) is 12.7. The van der Waals surface area contributed by atoms with Gasteiger partial charge in [-0.1, -0.05) is 17.7 Å². The van der Waals surface area contributed by atoms with Crippen LogP contribution in [0.2, 0.25) is 5.02 Å². The van der Waals surface area contributed by atoms with E-state index in [1.54, 1.807) is 19.1 Å². The minimum atomic E-state index is -4.61. The molecule has 0 radical (unpaired) electrons. The van der Waals surface area contributed by atoms with E-state index in [2.05, 4.69) is 25.9 Å². The molecule has 246 valence electrons. The second kappa shape index (κ2) is 14.0. The van der Waals surface area contributed by atoms with Crippen molar-refractivity contribution in [3.63, 3.8) is 0 Å². The van der Waals surface area contributed by atoms with E-state index in [9.17, 15) is 31.2 Å². The third-order valence-electron chi connectivity index (χ3n) is 7.18. The molecule has 5 rings (SSSR count). The molecule has 1 aromatic heterocycles. The number of hydrazine groups is 1. The molecule has 11 nitrogen and oxygen atoms in total. The fourth-order valence-electron chi connectivity index (χ4n) is 4.88. The normalized spacial score (nSPS) is 13.8. The lowest BCUT2D eigenvalue weighted by molar-refractivity contribution is -0.137. The minimum Gasteiger partial charge on any atom is -0.324 e. The monoisotopic (exact) mass is 687 g/mol. The van der Waals surface area contributed by atoms with Crippen molar-refractivity contribution in [3.8, 4) is 0 Å². The van der Waals surface area contributed by atoms with E-state index < -0.39 is 33.6 Å². The molecule has 47 heavy (non-hydrogen) atoms. The van der Waals surface area contributed by atoms with Gasteiger partial charge in [0.15, 0.2) is 0 Å². The number of hydrogen-bond acceptors (Lipinski definition) is 8. The number of nitrogens with zero attached hydrogens (tertiary/aromatic N) is 4. The van der Waals surface area contributed by atoms with Crippen molar-refractivity contribution in [1.29, 1.82) is 0 Å². The number of hydrogen-bond donors (Lipinski definition) is 3. The molecule has 3 N–H and O–H groups in total. The van der Waals surface area contributed by atoms with Gasteiger partial charge in [0.1, 0.15) is 0 Å². The van der Waals surface area contributed by atoms with Crippen LogP contribution in [0.25, 0.3) is 0 Å². The maximum atomic E-state index is 13.2. The average Bonchev–Trinajstić information content (AvgIpc) is 3.57. The molecule has 1 aliphatic rings. The van der Waals surface area contributed by atoms with Gasteiger partial charge in [0.2, 0.25) is 5.95 Å². The molecule has 0 saturated carbocycles. The summed E-state index contributed by atoms with van der Waals surface area (Å²) < 4.78 is 66.9. The van der Waals surface area contributed by atoms with Crippen molar-refractivity contribution in [1.82, 2.24) is 19.4 Å². The SMILES string of the molecule is CCN(N1CCCC1)S(=O)(=O)c1ccc(Nc2ncc(NC(=O)c3cc(NC(=O)c4cccc(C(F)(F)F)c4)ccc3Cl)cn2)cc1. The van der Waals surface area contributed by atoms with Crippen LogP contribution in [0.4, 0.5) is 36.2 Å². The standard InChI is InChI=1S/C31H29ClF3N7O4S/c1-2-42(41-14-3-4-15-41)47(45,46)25-11-8-22(9-12-25)40-30-36-18-24(19-37-30)39-29(44)26-17-23(10-13-27(26)32)38-28(43)20-6-5-7-21(16-20)31(33,34)35/h5-13,16-19H,2-4,14-15H2,1H3,(H,38,43)(H,39,44)(H,36,37,40). The minimum absolute atomic E-state index is 0.0166. The highest BCUT2D eigenvalue weighted by Gasteiger charge is 2.31. The number of alkyl halides is 3. The topological polar surface area (TPSA) is 137 Å². The lowest BCUT2D eigenvalue weighted by Crippen LogP contribution is -2.44. The van der Waals surface area contributed by atoms with Gasteiger partial charge in [-0.15, -0.1) is 4.41 Å². The van der Waals surface area contributed by atoms with E-state index in [0.717, 1.165) is 31.0 Å². The molecule has 0 spiro atoms. The van der Waals surface area contributed by atoms with Gasteiger partial charge in [0.25, 0.3) is 21.8 Å². The summed E-state index contributed by atoms with van der Waals surface area (Å²) in [5, 5.41) is 9.96. The Morgan fingerprint density at radius 2 is 1.53 bits per heavy atom. The number of aromatic nitrogens is 2. The zero-order valence-electron chi connectivity index (χ0n) is 24.9. The third-order valence-corrected chi connectivity index (χ3v) is 9.43. The van der Waals surface area contributed by atoms with Gasteiger partial charge in [-0.25, -0.2) is 23.4 Å². The molecule has 2 heterocycles. The van der Waals surface area contributed by atoms with Crippen LogP contribution in [0, 0.1) is 0 Å². The van der Waals surface area contributed by atoms with E-state index in [-0.39, 0.29) is 38.4 Å². The Labute approximate surface area is 273 Å². The van der Waals surface area contributed by atoms with Gasteiger partial charge < -0.3 is 16.0 Å². The predicted molar refractivity (Wildman–Crippen MR) is 171 cm³/mol. The number of carbonyl (C=O) groups excluding carboxylic acids is 2. The molecule has 0 bridgehead atoms. The van der Waals surface area contributed by atoms with Crippen LogP contribution in [0.3, 0.4) is 0 Å². The highest BCUT2D eigenvalue weighted by atomic mass is 35.5. The number of amides is 2. The molecular formula is C31H29ClF3N7O4S. The van der Waals surface area contributed by atoms with Crippen molar-refractivity contribution in [2.75, 3.05) is 35.6 Å². The third kappa shape index (κ3) is 8.05.